The van der Waals surface area contributed by atoms with Gasteiger partial charge in [-0.1, -0.05) is 46.6 Å². The van der Waals surface area contributed by atoms with Gasteiger partial charge in [-0.2, -0.15) is 0 Å². The molecule has 2 aromatic rings. The number of anilines is 2. The number of nitrogens with zero attached hydrogens (tertiary/aromatic N) is 1. The highest BCUT2D eigenvalue weighted by atomic mass is 79.9. The van der Waals surface area contributed by atoms with Crippen molar-refractivity contribution < 1.29 is 0 Å². The fourth-order valence-electron chi connectivity index (χ4n) is 2.50. The van der Waals surface area contributed by atoms with Crippen LogP contribution in [0.2, 0.25) is 0 Å². The van der Waals surface area contributed by atoms with Gasteiger partial charge in [-0.3, -0.25) is 0 Å². The summed E-state index contributed by atoms with van der Waals surface area (Å²) < 4.78 is 1.10. The maximum absolute atomic E-state index is 3.59. The van der Waals surface area contributed by atoms with Crippen LogP contribution in [-0.2, 0) is 0 Å². The maximum atomic E-state index is 3.59. The minimum atomic E-state index is 0.325. The zero-order chi connectivity index (χ0) is 15.4. The van der Waals surface area contributed by atoms with Gasteiger partial charge in [0.15, 0.2) is 0 Å². The van der Waals surface area contributed by atoms with Gasteiger partial charge >= 0.3 is 0 Å². The third-order valence-electron chi connectivity index (χ3n) is 3.75. The van der Waals surface area contributed by atoms with Crippen molar-refractivity contribution in [1.82, 2.24) is 5.32 Å². The molecule has 0 saturated heterocycles. The lowest BCUT2D eigenvalue weighted by molar-refractivity contribution is 0.598. The molecule has 0 saturated carbocycles. The lowest BCUT2D eigenvalue weighted by Gasteiger charge is -2.26. The van der Waals surface area contributed by atoms with Crippen LogP contribution in [0.4, 0.5) is 11.4 Å². The highest BCUT2D eigenvalue weighted by molar-refractivity contribution is 9.10. The van der Waals surface area contributed by atoms with Crippen LogP contribution < -0.4 is 10.2 Å². The van der Waals surface area contributed by atoms with Gasteiger partial charge in [0, 0.05) is 28.9 Å². The Labute approximate surface area is 136 Å². The molecule has 0 fully saturated rings. The lowest BCUT2D eigenvalue weighted by Crippen LogP contribution is -2.21. The molecule has 0 aliphatic rings. The number of benzene rings is 2. The van der Waals surface area contributed by atoms with Crippen LogP contribution in [0, 0.1) is 6.92 Å². The summed E-state index contributed by atoms with van der Waals surface area (Å²) in [5, 5.41) is 3.50. The molecule has 0 bridgehead atoms. The summed E-state index contributed by atoms with van der Waals surface area (Å²) in [4.78, 5) is 2.24. The number of nitrogens with one attached hydrogen (secondary N) is 1. The number of halogens is 1. The third kappa shape index (κ3) is 3.86. The Hall–Kier alpha value is -1.32. The van der Waals surface area contributed by atoms with E-state index < -0.39 is 0 Å². The van der Waals surface area contributed by atoms with Gasteiger partial charge in [0.05, 0.1) is 0 Å². The Balaban J connectivity index is 2.41. The van der Waals surface area contributed by atoms with Crippen molar-refractivity contribution in [1.29, 1.82) is 0 Å². The standard InChI is InChI=1S/C18H23BrN2/c1-5-20-14(3)17-11-8-15(19)12-18(17)21(4)16-9-6-13(2)7-10-16/h6-12,14,20H,5H2,1-4H3. The molecular weight excluding hydrogens is 324 g/mol. The molecule has 112 valence electrons. The fourth-order valence-corrected chi connectivity index (χ4v) is 2.85. The van der Waals surface area contributed by atoms with E-state index in [9.17, 15) is 0 Å². The second-order valence-electron chi connectivity index (χ2n) is 5.38. The smallest absolute Gasteiger partial charge is 0.0467 e. The van der Waals surface area contributed by atoms with Crippen molar-refractivity contribution >= 4 is 27.3 Å². The van der Waals surface area contributed by atoms with Gasteiger partial charge in [0.1, 0.15) is 0 Å². The van der Waals surface area contributed by atoms with Gasteiger partial charge in [0.2, 0.25) is 0 Å². The quantitative estimate of drug-likeness (QED) is 0.800. The maximum Gasteiger partial charge on any atom is 0.0467 e. The summed E-state index contributed by atoms with van der Waals surface area (Å²) in [6, 6.07) is 15.4. The van der Waals surface area contributed by atoms with Crippen molar-refractivity contribution in [2.75, 3.05) is 18.5 Å². The lowest BCUT2D eigenvalue weighted by atomic mass is 10.0. The Morgan fingerprint density at radius 3 is 2.43 bits per heavy atom. The molecular formula is C18H23BrN2. The van der Waals surface area contributed by atoms with Gasteiger partial charge in [-0.05, 0) is 50.2 Å². The summed E-state index contributed by atoms with van der Waals surface area (Å²) in [6.45, 7) is 7.42. The molecule has 2 aromatic carbocycles. The molecule has 2 rings (SSSR count). The average Bonchev–Trinajstić information content (AvgIpc) is 2.47. The summed E-state index contributed by atoms with van der Waals surface area (Å²) in [5.41, 5.74) is 5.01. The minimum absolute atomic E-state index is 0.325. The molecule has 0 amide bonds. The molecule has 0 spiro atoms. The van der Waals surface area contributed by atoms with E-state index in [0.29, 0.717) is 6.04 Å². The molecule has 0 aliphatic heterocycles. The number of aryl methyl sites for hydroxylation is 1. The number of hydrogen-bond acceptors (Lipinski definition) is 2. The topological polar surface area (TPSA) is 15.3 Å². The first-order valence-corrected chi connectivity index (χ1v) is 8.15. The molecule has 1 atom stereocenters. The average molecular weight is 347 g/mol. The highest BCUT2D eigenvalue weighted by Crippen LogP contribution is 2.33. The molecule has 1 unspecified atom stereocenters. The Morgan fingerprint density at radius 2 is 1.81 bits per heavy atom. The SMILES string of the molecule is CCNC(C)c1ccc(Br)cc1N(C)c1ccc(C)cc1. The molecule has 2 nitrogen and oxygen atoms in total. The van der Waals surface area contributed by atoms with E-state index in [1.165, 1.54) is 22.5 Å². The zero-order valence-electron chi connectivity index (χ0n) is 13.2. The van der Waals surface area contributed by atoms with Crippen molar-refractivity contribution in [3.05, 3.63) is 58.1 Å². The van der Waals surface area contributed by atoms with Crippen LogP contribution in [0.3, 0.4) is 0 Å². The predicted molar refractivity (Wildman–Crippen MR) is 95.5 cm³/mol. The van der Waals surface area contributed by atoms with E-state index in [2.05, 4.69) is 96.4 Å². The first-order chi connectivity index (χ1) is 10.0. The monoisotopic (exact) mass is 346 g/mol. The van der Waals surface area contributed by atoms with Crippen LogP contribution in [-0.4, -0.2) is 13.6 Å². The number of hydrogen-bond donors (Lipinski definition) is 1. The molecule has 0 aromatic heterocycles. The molecule has 3 heteroatoms. The van der Waals surface area contributed by atoms with Crippen LogP contribution in [0.1, 0.15) is 31.0 Å². The Kier molecular flexibility index (Phi) is 5.43. The third-order valence-corrected chi connectivity index (χ3v) is 4.25. The van der Waals surface area contributed by atoms with Crippen LogP contribution in [0.15, 0.2) is 46.9 Å². The highest BCUT2D eigenvalue weighted by Gasteiger charge is 2.14. The summed E-state index contributed by atoms with van der Waals surface area (Å²) in [6.07, 6.45) is 0. The second-order valence-corrected chi connectivity index (χ2v) is 6.29. The second kappa shape index (κ2) is 7.10. The van der Waals surface area contributed by atoms with Crippen LogP contribution in [0.25, 0.3) is 0 Å². The summed E-state index contributed by atoms with van der Waals surface area (Å²) in [7, 11) is 2.12. The van der Waals surface area contributed by atoms with Gasteiger partial charge in [-0.15, -0.1) is 0 Å². The van der Waals surface area contributed by atoms with Gasteiger partial charge in [0.25, 0.3) is 0 Å². The minimum Gasteiger partial charge on any atom is -0.344 e. The Morgan fingerprint density at radius 1 is 1.14 bits per heavy atom. The van der Waals surface area contributed by atoms with Gasteiger partial charge < -0.3 is 10.2 Å². The Bertz CT molecular complexity index is 593. The molecule has 0 aliphatic carbocycles. The van der Waals surface area contributed by atoms with E-state index in [1.54, 1.807) is 0 Å². The normalized spacial score (nSPS) is 12.2. The summed E-state index contributed by atoms with van der Waals surface area (Å²) in [5.74, 6) is 0. The van der Waals surface area contributed by atoms with E-state index in [1.807, 2.05) is 0 Å². The van der Waals surface area contributed by atoms with E-state index >= 15 is 0 Å². The van der Waals surface area contributed by atoms with E-state index in [0.717, 1.165) is 11.0 Å². The van der Waals surface area contributed by atoms with E-state index in [-0.39, 0.29) is 0 Å². The van der Waals surface area contributed by atoms with Crippen LogP contribution >= 0.6 is 15.9 Å². The van der Waals surface area contributed by atoms with Crippen molar-refractivity contribution in [3.8, 4) is 0 Å². The first kappa shape index (κ1) is 16.1. The molecule has 0 heterocycles. The molecule has 21 heavy (non-hydrogen) atoms. The molecule has 0 radical (unpaired) electrons. The first-order valence-electron chi connectivity index (χ1n) is 7.36. The predicted octanol–water partition coefficient (Wildman–Crippen LogP) is 5.20. The molecule has 1 N–H and O–H groups in total. The van der Waals surface area contributed by atoms with Crippen molar-refractivity contribution in [2.45, 2.75) is 26.8 Å². The number of rotatable bonds is 5. The summed E-state index contributed by atoms with van der Waals surface area (Å²) >= 11 is 3.59. The van der Waals surface area contributed by atoms with E-state index in [4.69, 9.17) is 0 Å². The van der Waals surface area contributed by atoms with Crippen molar-refractivity contribution in [2.24, 2.45) is 0 Å². The zero-order valence-corrected chi connectivity index (χ0v) is 14.7. The fraction of sp³-hybridized carbons (Fsp3) is 0.333. The van der Waals surface area contributed by atoms with Gasteiger partial charge in [-0.25, -0.2) is 0 Å². The van der Waals surface area contributed by atoms with Crippen LogP contribution in [0.5, 0.6) is 0 Å². The largest absolute Gasteiger partial charge is 0.344 e. The van der Waals surface area contributed by atoms with Crippen molar-refractivity contribution in [3.63, 3.8) is 0 Å².